The Balaban J connectivity index is 1.26. The van der Waals surface area contributed by atoms with Crippen LogP contribution in [0.1, 0.15) is 27.2 Å². The van der Waals surface area contributed by atoms with E-state index >= 15 is 0 Å². The third-order valence-corrected chi connectivity index (χ3v) is 6.47. The SMILES string of the molecule is CNC(=O)c1ccc(N2CCN(Cc3ccc4c5c(c(=O)[nH]c4c3)COC5)CC2)c(Cl)n1. The standard InChI is InChI=1S/C23H24ClN5O3/c1-25-23(31)18-4-5-20(21(24)26-18)29-8-6-28(7-9-29)11-14-2-3-15-16-12-32-13-17(16)22(30)27-19(15)10-14/h2-5,10H,6-9,11-13H2,1H3,(H,25,31)(H,27,30). The van der Waals surface area contributed by atoms with Crippen LogP contribution in [0.15, 0.2) is 35.1 Å². The first-order chi connectivity index (χ1) is 15.5. The van der Waals surface area contributed by atoms with Gasteiger partial charge in [-0.05, 0) is 29.3 Å². The van der Waals surface area contributed by atoms with Crippen LogP contribution >= 0.6 is 11.6 Å². The molecular formula is C23H24ClN5O3. The molecule has 32 heavy (non-hydrogen) atoms. The van der Waals surface area contributed by atoms with Crippen LogP contribution in [0.25, 0.3) is 10.9 Å². The number of benzene rings is 1. The van der Waals surface area contributed by atoms with Crippen molar-refractivity contribution in [3.8, 4) is 0 Å². The first-order valence-electron chi connectivity index (χ1n) is 10.6. The third-order valence-electron chi connectivity index (χ3n) is 6.20. The number of amides is 1. The maximum absolute atomic E-state index is 12.3. The highest BCUT2D eigenvalue weighted by Crippen LogP contribution is 2.27. The van der Waals surface area contributed by atoms with Crippen LogP contribution in [0.2, 0.25) is 5.15 Å². The second-order valence-corrected chi connectivity index (χ2v) is 8.49. The number of nitrogens with one attached hydrogen (secondary N) is 2. The van der Waals surface area contributed by atoms with Crippen molar-refractivity contribution in [3.63, 3.8) is 0 Å². The second kappa shape index (κ2) is 8.54. The number of hydrogen-bond acceptors (Lipinski definition) is 6. The van der Waals surface area contributed by atoms with Crippen molar-refractivity contribution in [2.24, 2.45) is 0 Å². The van der Waals surface area contributed by atoms with Gasteiger partial charge in [0.1, 0.15) is 5.69 Å². The number of carbonyl (C=O) groups is 1. The van der Waals surface area contributed by atoms with E-state index in [1.54, 1.807) is 13.1 Å². The summed E-state index contributed by atoms with van der Waals surface area (Å²) in [6, 6.07) is 9.84. The molecule has 0 unspecified atom stereocenters. The number of carbonyl (C=O) groups excluding carboxylic acids is 1. The number of rotatable bonds is 4. The van der Waals surface area contributed by atoms with E-state index < -0.39 is 0 Å². The van der Waals surface area contributed by atoms with E-state index in [4.69, 9.17) is 16.3 Å². The van der Waals surface area contributed by atoms with E-state index in [0.717, 1.165) is 66.0 Å². The summed E-state index contributed by atoms with van der Waals surface area (Å²) in [6.45, 7) is 5.08. The summed E-state index contributed by atoms with van der Waals surface area (Å²) in [5.74, 6) is -0.252. The molecule has 3 aromatic rings. The first-order valence-corrected chi connectivity index (χ1v) is 11.0. The Kier molecular flexibility index (Phi) is 5.58. The number of hydrogen-bond donors (Lipinski definition) is 2. The van der Waals surface area contributed by atoms with Gasteiger partial charge in [-0.1, -0.05) is 23.7 Å². The lowest BCUT2D eigenvalue weighted by Crippen LogP contribution is -2.46. The highest BCUT2D eigenvalue weighted by Gasteiger charge is 2.22. The first kappa shape index (κ1) is 20.9. The molecule has 0 atom stereocenters. The highest BCUT2D eigenvalue weighted by atomic mass is 35.5. The van der Waals surface area contributed by atoms with Crippen LogP contribution in [0.4, 0.5) is 5.69 Å². The fourth-order valence-corrected chi connectivity index (χ4v) is 4.72. The topological polar surface area (TPSA) is 90.6 Å². The summed E-state index contributed by atoms with van der Waals surface area (Å²) in [5, 5.41) is 3.96. The summed E-state index contributed by atoms with van der Waals surface area (Å²) in [5.41, 5.74) is 4.89. The number of nitrogens with zero attached hydrogens (tertiary/aromatic N) is 3. The Hall–Kier alpha value is -2.94. The number of H-pyrrole nitrogens is 1. The quantitative estimate of drug-likeness (QED) is 0.589. The fraction of sp³-hybridized carbons (Fsp3) is 0.348. The highest BCUT2D eigenvalue weighted by molar-refractivity contribution is 6.32. The zero-order valence-electron chi connectivity index (χ0n) is 17.8. The zero-order valence-corrected chi connectivity index (χ0v) is 18.5. The Bertz CT molecular complexity index is 1250. The minimum Gasteiger partial charge on any atom is -0.372 e. The molecule has 0 aliphatic carbocycles. The molecule has 1 fully saturated rings. The average Bonchev–Trinajstić information content (AvgIpc) is 3.30. The van der Waals surface area contributed by atoms with Crippen molar-refractivity contribution in [1.29, 1.82) is 0 Å². The molecule has 2 aromatic heterocycles. The molecule has 4 heterocycles. The van der Waals surface area contributed by atoms with Gasteiger partial charge < -0.3 is 19.9 Å². The average molecular weight is 454 g/mol. The van der Waals surface area contributed by atoms with Gasteiger partial charge in [-0.25, -0.2) is 4.98 Å². The molecule has 8 nitrogen and oxygen atoms in total. The number of aromatic nitrogens is 2. The van der Waals surface area contributed by atoms with Crippen molar-refractivity contribution in [3.05, 3.63) is 68.2 Å². The van der Waals surface area contributed by atoms with E-state index in [0.29, 0.717) is 24.1 Å². The Morgan fingerprint density at radius 1 is 1.16 bits per heavy atom. The number of fused-ring (bicyclic) bond motifs is 3. The number of aromatic amines is 1. The predicted molar refractivity (Wildman–Crippen MR) is 123 cm³/mol. The third kappa shape index (κ3) is 3.85. The molecule has 0 radical (unpaired) electrons. The minimum absolute atomic E-state index is 0.0521. The van der Waals surface area contributed by atoms with Gasteiger partial charge in [0.25, 0.3) is 11.5 Å². The molecule has 1 aromatic carbocycles. The van der Waals surface area contributed by atoms with E-state index in [9.17, 15) is 9.59 Å². The second-order valence-electron chi connectivity index (χ2n) is 8.13. The maximum atomic E-state index is 12.3. The van der Waals surface area contributed by atoms with Crippen molar-refractivity contribution in [1.82, 2.24) is 20.2 Å². The monoisotopic (exact) mass is 453 g/mol. The molecule has 2 aliphatic heterocycles. The Morgan fingerprint density at radius 3 is 2.69 bits per heavy atom. The number of piperazine rings is 1. The Morgan fingerprint density at radius 2 is 1.94 bits per heavy atom. The van der Waals surface area contributed by atoms with Crippen LogP contribution in [-0.4, -0.2) is 54.0 Å². The van der Waals surface area contributed by atoms with Crippen LogP contribution in [0.5, 0.6) is 0 Å². The van der Waals surface area contributed by atoms with Gasteiger partial charge in [-0.15, -0.1) is 0 Å². The van der Waals surface area contributed by atoms with Crippen molar-refractivity contribution < 1.29 is 9.53 Å². The molecule has 5 rings (SSSR count). The van der Waals surface area contributed by atoms with Gasteiger partial charge >= 0.3 is 0 Å². The summed E-state index contributed by atoms with van der Waals surface area (Å²) < 4.78 is 5.47. The molecule has 2 N–H and O–H groups in total. The smallest absolute Gasteiger partial charge is 0.269 e. The minimum atomic E-state index is -0.252. The summed E-state index contributed by atoms with van der Waals surface area (Å²) >= 11 is 6.35. The zero-order chi connectivity index (χ0) is 22.2. The molecular weight excluding hydrogens is 430 g/mol. The molecule has 0 bridgehead atoms. The number of ether oxygens (including phenoxy) is 1. The lowest BCUT2D eigenvalue weighted by molar-refractivity contribution is 0.0958. The van der Waals surface area contributed by atoms with E-state index in [1.165, 1.54) is 0 Å². The van der Waals surface area contributed by atoms with Crippen molar-refractivity contribution in [2.45, 2.75) is 19.8 Å². The molecule has 1 amide bonds. The van der Waals surface area contributed by atoms with Crippen LogP contribution in [-0.2, 0) is 24.5 Å². The van der Waals surface area contributed by atoms with E-state index in [1.807, 2.05) is 6.07 Å². The fourth-order valence-electron chi connectivity index (χ4n) is 4.45. The van der Waals surface area contributed by atoms with Crippen molar-refractivity contribution >= 4 is 34.1 Å². The van der Waals surface area contributed by atoms with Crippen LogP contribution in [0.3, 0.4) is 0 Å². The molecule has 9 heteroatoms. The molecule has 0 spiro atoms. The molecule has 166 valence electrons. The van der Waals surface area contributed by atoms with Gasteiger partial charge in [0.05, 0.1) is 18.9 Å². The van der Waals surface area contributed by atoms with Gasteiger partial charge in [-0.2, -0.15) is 0 Å². The lowest BCUT2D eigenvalue weighted by Gasteiger charge is -2.36. The molecule has 0 saturated carbocycles. The summed E-state index contributed by atoms with van der Waals surface area (Å²) in [7, 11) is 1.57. The van der Waals surface area contributed by atoms with Gasteiger partial charge in [0.15, 0.2) is 5.15 Å². The van der Waals surface area contributed by atoms with E-state index in [2.05, 4.69) is 43.3 Å². The lowest BCUT2D eigenvalue weighted by atomic mass is 10.0. The maximum Gasteiger partial charge on any atom is 0.269 e. The number of pyridine rings is 2. The van der Waals surface area contributed by atoms with Gasteiger partial charge in [-0.3, -0.25) is 14.5 Å². The van der Waals surface area contributed by atoms with Crippen molar-refractivity contribution in [2.75, 3.05) is 38.1 Å². The summed E-state index contributed by atoms with van der Waals surface area (Å²) in [6.07, 6.45) is 0. The molecule has 2 aliphatic rings. The predicted octanol–water partition coefficient (Wildman–Crippen LogP) is 2.29. The van der Waals surface area contributed by atoms with Gasteiger partial charge in [0, 0.05) is 56.2 Å². The normalized spacial score (nSPS) is 16.4. The number of halogens is 1. The van der Waals surface area contributed by atoms with Crippen LogP contribution < -0.4 is 15.8 Å². The molecule has 1 saturated heterocycles. The summed E-state index contributed by atoms with van der Waals surface area (Å²) in [4.78, 5) is 35.9. The van der Waals surface area contributed by atoms with Crippen LogP contribution in [0, 0.1) is 0 Å². The Labute approximate surface area is 190 Å². The number of anilines is 1. The van der Waals surface area contributed by atoms with Gasteiger partial charge in [0.2, 0.25) is 0 Å². The largest absolute Gasteiger partial charge is 0.372 e. The van der Waals surface area contributed by atoms with E-state index in [-0.39, 0.29) is 11.5 Å².